The zero-order chi connectivity index (χ0) is 8.08. The van der Waals surface area contributed by atoms with Crippen LogP contribution in [0, 0.1) is 0 Å². The smallest absolute Gasteiger partial charge is 0.242 e. The number of halogens is 3. The second-order valence-corrected chi connectivity index (χ2v) is 2.34. The molecule has 0 amide bonds. The lowest BCUT2D eigenvalue weighted by atomic mass is 10.5. The van der Waals surface area contributed by atoms with Gasteiger partial charge in [-0.05, 0) is 27.7 Å². The molecule has 9 heavy (non-hydrogen) atoms. The molecule has 0 rings (SSSR count). The second kappa shape index (κ2) is 4.65. The molecule has 0 aliphatic carbocycles. The highest BCUT2D eigenvalue weighted by Gasteiger charge is 2.08. The molecule has 0 radical (unpaired) electrons. The number of hydrogen-bond acceptors (Lipinski definition) is 0. The van der Waals surface area contributed by atoms with E-state index in [0.29, 0.717) is 0 Å². The van der Waals surface area contributed by atoms with Crippen molar-refractivity contribution in [3.63, 3.8) is 0 Å². The van der Waals surface area contributed by atoms with Crippen LogP contribution in [0.3, 0.4) is 0 Å². The predicted molar refractivity (Wildman–Crippen MR) is 32.5 cm³/mol. The molecular formula is C6H13F3. The standard InChI is InChI=1S/C3H6F2.C3H7F/c1-3(2,4)5;1-3(2)4/h1-2H3;3H,1-2H3. The molecule has 0 aromatic rings. The quantitative estimate of drug-likeness (QED) is 0.487. The Kier molecular flexibility index (Phi) is 5.98. The molecule has 0 atom stereocenters. The van der Waals surface area contributed by atoms with E-state index in [1.807, 2.05) is 0 Å². The van der Waals surface area contributed by atoms with Crippen molar-refractivity contribution in [1.82, 2.24) is 0 Å². The zero-order valence-corrected chi connectivity index (χ0v) is 6.21. The largest absolute Gasteiger partial charge is 0.248 e. The summed E-state index contributed by atoms with van der Waals surface area (Å²) >= 11 is 0. The lowest BCUT2D eigenvalue weighted by molar-refractivity contribution is 0.0437. The molecule has 0 N–H and O–H groups in total. The molecule has 0 aliphatic heterocycles. The SMILES string of the molecule is CC(C)(F)F.CC(C)F. The minimum absolute atomic E-state index is 0.667. The van der Waals surface area contributed by atoms with Crippen LogP contribution in [0.2, 0.25) is 0 Å². The summed E-state index contributed by atoms with van der Waals surface area (Å²) in [6, 6.07) is 0. The highest BCUT2D eigenvalue weighted by molar-refractivity contribution is 4.40. The van der Waals surface area contributed by atoms with Crippen LogP contribution in [0.15, 0.2) is 0 Å². The van der Waals surface area contributed by atoms with Crippen molar-refractivity contribution in [1.29, 1.82) is 0 Å². The van der Waals surface area contributed by atoms with Gasteiger partial charge in [-0.1, -0.05) is 0 Å². The van der Waals surface area contributed by atoms with Crippen LogP contribution in [0.1, 0.15) is 27.7 Å². The summed E-state index contributed by atoms with van der Waals surface area (Å²) in [7, 11) is 0. The maximum absolute atomic E-state index is 11.0. The summed E-state index contributed by atoms with van der Waals surface area (Å²) in [5.74, 6) is -2.50. The van der Waals surface area contributed by atoms with Crippen LogP contribution in [-0.2, 0) is 0 Å². The average molecular weight is 142 g/mol. The molecule has 0 aliphatic rings. The third-order valence-electron chi connectivity index (χ3n) is 0. The molecule has 0 unspecified atom stereocenters. The highest BCUT2D eigenvalue weighted by atomic mass is 19.3. The number of hydrogen-bond donors (Lipinski definition) is 0. The molecule has 0 bridgehead atoms. The summed E-state index contributed by atoms with van der Waals surface area (Å²) < 4.78 is 33.0. The van der Waals surface area contributed by atoms with Gasteiger partial charge in [0.05, 0.1) is 6.17 Å². The second-order valence-electron chi connectivity index (χ2n) is 2.34. The summed E-state index contributed by atoms with van der Waals surface area (Å²) in [4.78, 5) is 0. The van der Waals surface area contributed by atoms with Crippen LogP contribution in [-0.4, -0.2) is 12.1 Å². The molecule has 0 aromatic heterocycles. The topological polar surface area (TPSA) is 0 Å². The molecule has 3 heteroatoms. The average Bonchev–Trinajstić information content (AvgIpc) is 1.19. The first-order chi connectivity index (χ1) is 3.73. The summed E-state index contributed by atoms with van der Waals surface area (Å²) in [5.41, 5.74) is 0. The van der Waals surface area contributed by atoms with Crippen molar-refractivity contribution in [2.24, 2.45) is 0 Å². The first-order valence-corrected chi connectivity index (χ1v) is 2.75. The Morgan fingerprint density at radius 1 is 1.11 bits per heavy atom. The maximum Gasteiger partial charge on any atom is 0.242 e. The molecular weight excluding hydrogens is 129 g/mol. The maximum atomic E-state index is 11.0. The van der Waals surface area contributed by atoms with Crippen molar-refractivity contribution in [3.05, 3.63) is 0 Å². The van der Waals surface area contributed by atoms with Crippen LogP contribution in [0.4, 0.5) is 13.2 Å². The van der Waals surface area contributed by atoms with Gasteiger partial charge in [0.1, 0.15) is 0 Å². The van der Waals surface area contributed by atoms with E-state index in [1.165, 1.54) is 13.8 Å². The van der Waals surface area contributed by atoms with Crippen LogP contribution in [0.25, 0.3) is 0 Å². The lowest BCUT2D eigenvalue weighted by Gasteiger charge is -1.94. The van der Waals surface area contributed by atoms with E-state index < -0.39 is 12.1 Å². The lowest BCUT2D eigenvalue weighted by Crippen LogP contribution is -1.98. The van der Waals surface area contributed by atoms with Gasteiger partial charge in [0, 0.05) is 0 Å². The van der Waals surface area contributed by atoms with Gasteiger partial charge in [0.2, 0.25) is 5.92 Å². The summed E-state index contributed by atoms with van der Waals surface area (Å²) in [6.45, 7) is 4.71. The fourth-order valence-electron chi connectivity index (χ4n) is 0. The Hall–Kier alpha value is -0.210. The van der Waals surface area contributed by atoms with E-state index in [1.54, 1.807) is 0 Å². The zero-order valence-electron chi connectivity index (χ0n) is 6.21. The Morgan fingerprint density at radius 3 is 1.11 bits per heavy atom. The summed E-state index contributed by atoms with van der Waals surface area (Å²) in [5, 5.41) is 0. The Labute approximate surface area is 54.1 Å². The first-order valence-electron chi connectivity index (χ1n) is 2.75. The van der Waals surface area contributed by atoms with Crippen LogP contribution in [0.5, 0.6) is 0 Å². The van der Waals surface area contributed by atoms with E-state index in [0.717, 1.165) is 13.8 Å². The van der Waals surface area contributed by atoms with E-state index in [9.17, 15) is 13.2 Å². The van der Waals surface area contributed by atoms with Crippen molar-refractivity contribution < 1.29 is 13.2 Å². The molecule has 0 heterocycles. The van der Waals surface area contributed by atoms with Crippen molar-refractivity contribution >= 4 is 0 Å². The Balaban J connectivity index is 0. The van der Waals surface area contributed by atoms with E-state index in [4.69, 9.17) is 0 Å². The highest BCUT2D eigenvalue weighted by Crippen LogP contribution is 2.06. The molecule has 0 saturated heterocycles. The van der Waals surface area contributed by atoms with Crippen molar-refractivity contribution in [2.45, 2.75) is 39.8 Å². The molecule has 0 nitrogen and oxygen atoms in total. The fourth-order valence-corrected chi connectivity index (χ4v) is 0. The van der Waals surface area contributed by atoms with Gasteiger partial charge in [-0.25, -0.2) is 13.2 Å². The van der Waals surface area contributed by atoms with Crippen LogP contribution < -0.4 is 0 Å². The monoisotopic (exact) mass is 142 g/mol. The Bertz CT molecular complexity index is 45.1. The Morgan fingerprint density at radius 2 is 1.11 bits per heavy atom. The molecule has 0 spiro atoms. The van der Waals surface area contributed by atoms with Crippen molar-refractivity contribution in [3.8, 4) is 0 Å². The van der Waals surface area contributed by atoms with Gasteiger partial charge >= 0.3 is 0 Å². The van der Waals surface area contributed by atoms with E-state index in [2.05, 4.69) is 0 Å². The third-order valence-corrected chi connectivity index (χ3v) is 0. The number of alkyl halides is 3. The van der Waals surface area contributed by atoms with Gasteiger partial charge in [0.15, 0.2) is 0 Å². The fraction of sp³-hybridized carbons (Fsp3) is 1.00. The first kappa shape index (κ1) is 11.6. The minimum Gasteiger partial charge on any atom is -0.248 e. The predicted octanol–water partition coefficient (Wildman–Crippen LogP) is 3.03. The van der Waals surface area contributed by atoms with Gasteiger partial charge in [-0.3, -0.25) is 0 Å². The van der Waals surface area contributed by atoms with Gasteiger partial charge < -0.3 is 0 Å². The van der Waals surface area contributed by atoms with E-state index >= 15 is 0 Å². The third kappa shape index (κ3) is 5920. The van der Waals surface area contributed by atoms with E-state index in [-0.39, 0.29) is 0 Å². The van der Waals surface area contributed by atoms with Gasteiger partial charge in [0.25, 0.3) is 0 Å². The molecule has 58 valence electrons. The van der Waals surface area contributed by atoms with Gasteiger partial charge in [-0.15, -0.1) is 0 Å². The van der Waals surface area contributed by atoms with Crippen molar-refractivity contribution in [2.75, 3.05) is 0 Å². The van der Waals surface area contributed by atoms with Crippen LogP contribution >= 0.6 is 0 Å². The molecule has 0 fully saturated rings. The minimum atomic E-state index is -2.50. The normalized spacial score (nSPS) is 10.7. The molecule has 0 aromatic carbocycles. The van der Waals surface area contributed by atoms with Gasteiger partial charge in [-0.2, -0.15) is 0 Å². The number of rotatable bonds is 0. The molecule has 0 saturated carbocycles. The summed E-state index contributed by atoms with van der Waals surface area (Å²) in [6.07, 6.45) is -0.667.